The van der Waals surface area contributed by atoms with E-state index < -0.39 is 0 Å². The van der Waals surface area contributed by atoms with Crippen molar-refractivity contribution in [3.8, 4) is 0 Å². The second-order valence-electron chi connectivity index (χ2n) is 4.19. The van der Waals surface area contributed by atoms with Crippen molar-refractivity contribution >= 4 is 33.2 Å². The topological polar surface area (TPSA) is 33.2 Å². The number of amides is 1. The average Bonchev–Trinajstić information content (AvgIpc) is 2.85. The number of fused-ring (bicyclic) bond motifs is 1. The Hall–Kier alpha value is -1.20. The summed E-state index contributed by atoms with van der Waals surface area (Å²) >= 11 is 5.11. The molecular weight excluding hydrogens is 312 g/mol. The molecule has 0 saturated heterocycles. The van der Waals surface area contributed by atoms with Gasteiger partial charge < -0.3 is 4.90 Å². The van der Waals surface area contributed by atoms with Crippen LogP contribution < -0.4 is 0 Å². The van der Waals surface area contributed by atoms with Gasteiger partial charge in [0.05, 0.1) is 5.56 Å². The number of aromatic nitrogens is 1. The van der Waals surface area contributed by atoms with E-state index in [1.54, 1.807) is 23.6 Å². The summed E-state index contributed by atoms with van der Waals surface area (Å²) in [6.45, 7) is 1.49. The zero-order chi connectivity index (χ0) is 12.5. The van der Waals surface area contributed by atoms with Crippen molar-refractivity contribution in [1.82, 2.24) is 9.88 Å². The molecule has 0 bridgehead atoms. The number of pyridine rings is 1. The Labute approximate surface area is 118 Å². The first-order chi connectivity index (χ1) is 8.75. The lowest BCUT2D eigenvalue weighted by Gasteiger charge is -2.27. The number of nitrogens with zero attached hydrogens (tertiary/aromatic N) is 2. The predicted molar refractivity (Wildman–Crippen MR) is 74.7 cm³/mol. The zero-order valence-electron chi connectivity index (χ0n) is 9.60. The molecule has 0 aliphatic carbocycles. The molecule has 0 N–H and O–H groups in total. The molecule has 0 unspecified atom stereocenters. The van der Waals surface area contributed by atoms with E-state index in [-0.39, 0.29) is 5.91 Å². The van der Waals surface area contributed by atoms with Crippen LogP contribution in [-0.4, -0.2) is 22.3 Å². The summed E-state index contributed by atoms with van der Waals surface area (Å²) in [7, 11) is 0. The average molecular weight is 323 g/mol. The summed E-state index contributed by atoms with van der Waals surface area (Å²) in [5.41, 5.74) is 1.91. The molecule has 3 heterocycles. The van der Waals surface area contributed by atoms with E-state index in [2.05, 4.69) is 32.4 Å². The van der Waals surface area contributed by atoms with Gasteiger partial charge in [-0.2, -0.15) is 0 Å². The first-order valence-electron chi connectivity index (χ1n) is 5.71. The van der Waals surface area contributed by atoms with E-state index >= 15 is 0 Å². The van der Waals surface area contributed by atoms with Crippen LogP contribution in [0.25, 0.3) is 0 Å². The highest BCUT2D eigenvalue weighted by Gasteiger charge is 2.23. The molecule has 2 aromatic rings. The summed E-state index contributed by atoms with van der Waals surface area (Å²) in [4.78, 5) is 19.8. The molecule has 5 heteroatoms. The van der Waals surface area contributed by atoms with Crippen molar-refractivity contribution in [1.29, 1.82) is 0 Å². The summed E-state index contributed by atoms with van der Waals surface area (Å²) in [5, 5.41) is 2.10. The molecule has 2 aromatic heterocycles. The van der Waals surface area contributed by atoms with Crippen LogP contribution in [-0.2, 0) is 13.0 Å². The number of hydrogen-bond acceptors (Lipinski definition) is 3. The maximum Gasteiger partial charge on any atom is 0.256 e. The fourth-order valence-electron chi connectivity index (χ4n) is 2.14. The van der Waals surface area contributed by atoms with E-state index in [0.29, 0.717) is 16.7 Å². The van der Waals surface area contributed by atoms with E-state index in [0.717, 1.165) is 13.0 Å². The van der Waals surface area contributed by atoms with Crippen molar-refractivity contribution in [3.05, 3.63) is 50.4 Å². The van der Waals surface area contributed by atoms with Gasteiger partial charge in [-0.05, 0) is 51.5 Å². The SMILES string of the molecule is O=C(c1cccnc1Br)N1CCc2sccc2C1. The van der Waals surface area contributed by atoms with Crippen LogP contribution in [0, 0.1) is 0 Å². The highest BCUT2D eigenvalue weighted by atomic mass is 79.9. The van der Waals surface area contributed by atoms with Gasteiger partial charge in [0, 0.05) is 24.2 Å². The number of rotatable bonds is 1. The van der Waals surface area contributed by atoms with Crippen LogP contribution >= 0.6 is 27.3 Å². The van der Waals surface area contributed by atoms with Gasteiger partial charge in [0.15, 0.2) is 0 Å². The molecule has 3 nitrogen and oxygen atoms in total. The normalized spacial score (nSPS) is 14.4. The van der Waals surface area contributed by atoms with Crippen LogP contribution in [0.4, 0.5) is 0 Å². The molecule has 0 aromatic carbocycles. The van der Waals surface area contributed by atoms with Gasteiger partial charge in [0.1, 0.15) is 4.60 Å². The van der Waals surface area contributed by atoms with Gasteiger partial charge in [0.25, 0.3) is 5.91 Å². The number of hydrogen-bond donors (Lipinski definition) is 0. The van der Waals surface area contributed by atoms with Crippen LogP contribution in [0.5, 0.6) is 0 Å². The van der Waals surface area contributed by atoms with Crippen molar-refractivity contribution in [2.24, 2.45) is 0 Å². The number of halogens is 1. The van der Waals surface area contributed by atoms with Crippen molar-refractivity contribution in [3.63, 3.8) is 0 Å². The van der Waals surface area contributed by atoms with Gasteiger partial charge in [-0.25, -0.2) is 4.98 Å². The third-order valence-corrected chi connectivity index (χ3v) is 4.74. The summed E-state index contributed by atoms with van der Waals surface area (Å²) in [6.07, 6.45) is 2.63. The quantitative estimate of drug-likeness (QED) is 0.756. The van der Waals surface area contributed by atoms with Crippen molar-refractivity contribution in [2.45, 2.75) is 13.0 Å². The van der Waals surface area contributed by atoms with Gasteiger partial charge >= 0.3 is 0 Å². The third kappa shape index (κ3) is 2.08. The Morgan fingerprint density at radius 1 is 1.44 bits per heavy atom. The van der Waals surface area contributed by atoms with E-state index in [9.17, 15) is 4.79 Å². The van der Waals surface area contributed by atoms with Gasteiger partial charge in [0.2, 0.25) is 0 Å². The maximum absolute atomic E-state index is 12.4. The highest BCUT2D eigenvalue weighted by Crippen LogP contribution is 2.26. The minimum absolute atomic E-state index is 0.0480. The Balaban J connectivity index is 1.85. The molecule has 18 heavy (non-hydrogen) atoms. The van der Waals surface area contributed by atoms with E-state index in [1.807, 2.05) is 11.0 Å². The van der Waals surface area contributed by atoms with Crippen LogP contribution in [0.15, 0.2) is 34.4 Å². The van der Waals surface area contributed by atoms with E-state index in [4.69, 9.17) is 0 Å². The second-order valence-corrected chi connectivity index (χ2v) is 5.94. The summed E-state index contributed by atoms with van der Waals surface area (Å²) in [6, 6.07) is 5.71. The Morgan fingerprint density at radius 3 is 3.17 bits per heavy atom. The maximum atomic E-state index is 12.4. The van der Waals surface area contributed by atoms with Gasteiger partial charge in [-0.1, -0.05) is 0 Å². The molecule has 0 fully saturated rings. The Morgan fingerprint density at radius 2 is 2.33 bits per heavy atom. The van der Waals surface area contributed by atoms with Crippen LogP contribution in [0.1, 0.15) is 20.8 Å². The van der Waals surface area contributed by atoms with Crippen LogP contribution in [0.3, 0.4) is 0 Å². The lowest BCUT2D eigenvalue weighted by molar-refractivity contribution is 0.0734. The summed E-state index contributed by atoms with van der Waals surface area (Å²) in [5.74, 6) is 0.0480. The molecule has 1 amide bonds. The molecule has 92 valence electrons. The van der Waals surface area contributed by atoms with Gasteiger partial charge in [-0.3, -0.25) is 4.79 Å². The molecule has 0 saturated carbocycles. The number of thiophene rings is 1. The second kappa shape index (κ2) is 4.82. The fraction of sp³-hybridized carbons (Fsp3) is 0.231. The Kier molecular flexibility index (Phi) is 3.18. The smallest absolute Gasteiger partial charge is 0.256 e. The van der Waals surface area contributed by atoms with Gasteiger partial charge in [-0.15, -0.1) is 11.3 Å². The minimum Gasteiger partial charge on any atom is -0.334 e. The zero-order valence-corrected chi connectivity index (χ0v) is 12.0. The molecule has 0 spiro atoms. The van der Waals surface area contributed by atoms with Crippen LogP contribution in [0.2, 0.25) is 0 Å². The van der Waals surface area contributed by atoms with Crippen molar-refractivity contribution < 1.29 is 4.79 Å². The molecule has 0 atom stereocenters. The number of carbonyl (C=O) groups excluding carboxylic acids is 1. The molecular formula is C13H11BrN2OS. The molecule has 3 rings (SSSR count). The summed E-state index contributed by atoms with van der Waals surface area (Å²) < 4.78 is 0.617. The van der Waals surface area contributed by atoms with E-state index in [1.165, 1.54) is 10.4 Å². The standard InChI is InChI=1S/C13H11BrN2OS/c14-12-10(2-1-5-15-12)13(17)16-6-3-11-9(8-16)4-7-18-11/h1-2,4-5,7H,3,6,8H2. The lowest BCUT2D eigenvalue weighted by Crippen LogP contribution is -2.35. The largest absolute Gasteiger partial charge is 0.334 e. The monoisotopic (exact) mass is 322 g/mol. The minimum atomic E-state index is 0.0480. The molecule has 1 aliphatic heterocycles. The third-order valence-electron chi connectivity index (χ3n) is 3.08. The predicted octanol–water partition coefficient (Wildman–Crippen LogP) is 3.10. The highest BCUT2D eigenvalue weighted by molar-refractivity contribution is 9.10. The molecule has 1 aliphatic rings. The fourth-order valence-corrected chi connectivity index (χ4v) is 3.45. The first kappa shape index (κ1) is 11.9. The van der Waals surface area contributed by atoms with Crippen molar-refractivity contribution in [2.75, 3.05) is 6.54 Å². The lowest BCUT2D eigenvalue weighted by atomic mass is 10.1. The number of carbonyl (C=O) groups is 1. The molecule has 0 radical (unpaired) electrons. The Bertz CT molecular complexity index is 596. The first-order valence-corrected chi connectivity index (χ1v) is 7.38.